The van der Waals surface area contributed by atoms with Crippen molar-refractivity contribution >= 4 is 29.4 Å². The van der Waals surface area contributed by atoms with E-state index >= 15 is 0 Å². The van der Waals surface area contributed by atoms with Gasteiger partial charge in [-0.25, -0.2) is 4.79 Å². The van der Waals surface area contributed by atoms with Crippen molar-refractivity contribution in [2.75, 3.05) is 51.2 Å². The standard InChI is InChI=1S/C31H39N5O6/c1-21(2)19-25(32-29(38)22-9-11-23(12-10-22)34-17-15-33(3)16-18-34)30(39)35-14-13-26-28(35)27(37)20-36(26)42-31(40)41-24-7-5-4-6-8-24/h4-12,21,25-26,28H,13-20H2,1-3H3,(H,32,38). The van der Waals surface area contributed by atoms with Gasteiger partial charge in [-0.1, -0.05) is 32.0 Å². The molecule has 0 saturated carbocycles. The minimum atomic E-state index is -0.942. The van der Waals surface area contributed by atoms with Gasteiger partial charge >= 0.3 is 6.16 Å². The average Bonchev–Trinajstić information content (AvgIpc) is 3.54. The van der Waals surface area contributed by atoms with Crippen molar-refractivity contribution < 1.29 is 28.8 Å². The van der Waals surface area contributed by atoms with E-state index in [1.807, 2.05) is 26.0 Å². The summed E-state index contributed by atoms with van der Waals surface area (Å²) >= 11 is 0. The van der Waals surface area contributed by atoms with Crippen LogP contribution < -0.4 is 15.0 Å². The van der Waals surface area contributed by atoms with Crippen LogP contribution in [0.5, 0.6) is 5.75 Å². The number of likely N-dealkylation sites (tertiary alicyclic amines) is 1. The number of carbonyl (C=O) groups is 4. The van der Waals surface area contributed by atoms with Gasteiger partial charge in [-0.15, -0.1) is 5.06 Å². The SMILES string of the molecule is CC(C)CC(NC(=O)c1ccc(N2CCN(C)CC2)cc1)C(=O)N1CCC2C1C(=O)CN2OC(=O)Oc1ccccc1. The Morgan fingerprint density at radius 2 is 1.64 bits per heavy atom. The number of hydrogen-bond donors (Lipinski definition) is 1. The van der Waals surface area contributed by atoms with Crippen LogP contribution in [0.3, 0.4) is 0 Å². The molecule has 2 amide bonds. The number of anilines is 1. The summed E-state index contributed by atoms with van der Waals surface area (Å²) in [5, 5.41) is 4.24. The minimum absolute atomic E-state index is 0.129. The molecule has 0 aromatic heterocycles. The van der Waals surface area contributed by atoms with Gasteiger partial charge in [0.05, 0.1) is 12.6 Å². The molecule has 0 radical (unpaired) electrons. The summed E-state index contributed by atoms with van der Waals surface area (Å²) in [4.78, 5) is 63.9. The van der Waals surface area contributed by atoms with Crippen molar-refractivity contribution in [1.29, 1.82) is 0 Å². The van der Waals surface area contributed by atoms with E-state index in [0.29, 0.717) is 30.7 Å². The monoisotopic (exact) mass is 577 g/mol. The Morgan fingerprint density at radius 3 is 2.31 bits per heavy atom. The summed E-state index contributed by atoms with van der Waals surface area (Å²) in [6, 6.07) is 14.0. The molecule has 5 rings (SSSR count). The smallest absolute Gasteiger partial charge is 0.394 e. The third kappa shape index (κ3) is 6.74. The molecule has 3 atom stereocenters. The van der Waals surface area contributed by atoms with Crippen LogP contribution in [0, 0.1) is 5.92 Å². The predicted octanol–water partition coefficient (Wildman–Crippen LogP) is 2.57. The molecular weight excluding hydrogens is 538 g/mol. The molecule has 3 fully saturated rings. The highest BCUT2D eigenvalue weighted by Gasteiger charge is 2.52. The van der Waals surface area contributed by atoms with E-state index in [2.05, 4.69) is 22.2 Å². The third-order valence-electron chi connectivity index (χ3n) is 8.11. The molecule has 1 N–H and O–H groups in total. The normalized spacial score (nSPS) is 21.8. The fourth-order valence-electron chi connectivity index (χ4n) is 5.90. The number of ketones is 1. The Labute approximate surface area is 246 Å². The molecule has 11 heteroatoms. The summed E-state index contributed by atoms with van der Waals surface area (Å²) < 4.78 is 5.20. The van der Waals surface area contributed by atoms with Crippen molar-refractivity contribution in [2.45, 2.75) is 44.8 Å². The van der Waals surface area contributed by atoms with Crippen molar-refractivity contribution in [2.24, 2.45) is 5.92 Å². The molecule has 224 valence electrons. The summed E-state index contributed by atoms with van der Waals surface area (Å²) in [5.74, 6) is -0.396. The summed E-state index contributed by atoms with van der Waals surface area (Å²) in [5.41, 5.74) is 1.54. The molecule has 3 heterocycles. The van der Waals surface area contributed by atoms with E-state index in [1.165, 1.54) is 9.96 Å². The van der Waals surface area contributed by atoms with Crippen LogP contribution in [0.25, 0.3) is 0 Å². The number of nitrogens with one attached hydrogen (secondary N) is 1. The number of fused-ring (bicyclic) bond motifs is 1. The van der Waals surface area contributed by atoms with Crippen molar-refractivity contribution in [3.05, 3.63) is 60.2 Å². The predicted molar refractivity (Wildman–Crippen MR) is 156 cm³/mol. The summed E-state index contributed by atoms with van der Waals surface area (Å²) in [7, 11) is 2.11. The van der Waals surface area contributed by atoms with E-state index in [9.17, 15) is 19.2 Å². The fraction of sp³-hybridized carbons (Fsp3) is 0.484. The number of carbonyl (C=O) groups excluding carboxylic acids is 4. The Balaban J connectivity index is 1.22. The lowest BCUT2D eigenvalue weighted by atomic mass is 10.0. The number of amides is 2. The van der Waals surface area contributed by atoms with Gasteiger partial charge in [0.25, 0.3) is 5.91 Å². The second kappa shape index (κ2) is 12.9. The number of benzene rings is 2. The molecule has 42 heavy (non-hydrogen) atoms. The Hall–Kier alpha value is -3.96. The van der Waals surface area contributed by atoms with Gasteiger partial charge < -0.3 is 29.6 Å². The molecule has 2 aromatic rings. The van der Waals surface area contributed by atoms with Crippen molar-refractivity contribution in [3.63, 3.8) is 0 Å². The fourth-order valence-corrected chi connectivity index (χ4v) is 5.90. The van der Waals surface area contributed by atoms with E-state index in [1.54, 1.807) is 42.5 Å². The zero-order valence-corrected chi connectivity index (χ0v) is 24.4. The number of para-hydroxylation sites is 1. The molecule has 0 spiro atoms. The van der Waals surface area contributed by atoms with Crippen LogP contribution in [0.2, 0.25) is 0 Å². The quantitative estimate of drug-likeness (QED) is 0.374. The molecule has 0 aliphatic carbocycles. The number of Topliss-reactive ketones (excluding diaryl/α,β-unsaturated/α-hetero) is 1. The maximum atomic E-state index is 13.8. The number of rotatable bonds is 8. The van der Waals surface area contributed by atoms with Gasteiger partial charge in [0, 0.05) is 44.0 Å². The van der Waals surface area contributed by atoms with Gasteiger partial charge in [-0.2, -0.15) is 0 Å². The van der Waals surface area contributed by atoms with Crippen LogP contribution in [0.4, 0.5) is 10.5 Å². The molecule has 2 aromatic carbocycles. The number of hydrogen-bond acceptors (Lipinski definition) is 9. The number of likely N-dealkylation sites (N-methyl/N-ethyl adjacent to an activating group) is 1. The molecule has 3 unspecified atom stereocenters. The lowest BCUT2D eigenvalue weighted by molar-refractivity contribution is -0.138. The first kappa shape index (κ1) is 29.5. The minimum Gasteiger partial charge on any atom is -0.394 e. The maximum absolute atomic E-state index is 13.8. The lowest BCUT2D eigenvalue weighted by Crippen LogP contribution is -2.52. The topological polar surface area (TPSA) is 112 Å². The van der Waals surface area contributed by atoms with Crippen LogP contribution in [-0.2, 0) is 14.4 Å². The van der Waals surface area contributed by atoms with Crippen LogP contribution >= 0.6 is 0 Å². The second-order valence-corrected chi connectivity index (χ2v) is 11.6. The zero-order chi connectivity index (χ0) is 29.8. The summed E-state index contributed by atoms with van der Waals surface area (Å²) in [6.07, 6.45) is -0.0602. The highest BCUT2D eigenvalue weighted by atomic mass is 16.8. The highest BCUT2D eigenvalue weighted by molar-refractivity contribution is 5.99. The Kier molecular flexibility index (Phi) is 9.08. The maximum Gasteiger partial charge on any atom is 0.533 e. The number of piperazine rings is 1. The van der Waals surface area contributed by atoms with Crippen LogP contribution in [0.15, 0.2) is 54.6 Å². The van der Waals surface area contributed by atoms with Crippen LogP contribution in [-0.4, -0.2) is 103 Å². The van der Waals surface area contributed by atoms with Gasteiger partial charge in [0.1, 0.15) is 17.8 Å². The average molecular weight is 578 g/mol. The number of hydroxylamine groups is 2. The van der Waals surface area contributed by atoms with Gasteiger partial charge in [-0.05, 0) is 62.2 Å². The zero-order valence-electron chi connectivity index (χ0n) is 24.4. The molecule has 11 nitrogen and oxygen atoms in total. The first-order chi connectivity index (χ1) is 20.2. The largest absolute Gasteiger partial charge is 0.533 e. The first-order valence-corrected chi connectivity index (χ1v) is 14.6. The molecule has 0 bridgehead atoms. The highest BCUT2D eigenvalue weighted by Crippen LogP contribution is 2.31. The number of ether oxygens (including phenoxy) is 1. The van der Waals surface area contributed by atoms with Gasteiger partial charge in [0.15, 0.2) is 5.78 Å². The lowest BCUT2D eigenvalue weighted by Gasteiger charge is -2.34. The van der Waals surface area contributed by atoms with Crippen LogP contribution in [0.1, 0.15) is 37.0 Å². The van der Waals surface area contributed by atoms with Gasteiger partial charge in [-0.3, -0.25) is 14.4 Å². The van der Waals surface area contributed by atoms with Crippen molar-refractivity contribution in [1.82, 2.24) is 20.2 Å². The Morgan fingerprint density at radius 1 is 0.952 bits per heavy atom. The van der Waals surface area contributed by atoms with Gasteiger partial charge in [0.2, 0.25) is 5.91 Å². The van der Waals surface area contributed by atoms with Crippen molar-refractivity contribution in [3.8, 4) is 5.75 Å². The van der Waals surface area contributed by atoms with E-state index in [-0.39, 0.29) is 30.1 Å². The second-order valence-electron chi connectivity index (χ2n) is 11.6. The molecule has 3 aliphatic rings. The first-order valence-electron chi connectivity index (χ1n) is 14.6. The van der Waals surface area contributed by atoms with E-state index < -0.39 is 24.3 Å². The molecular formula is C31H39N5O6. The third-order valence-corrected chi connectivity index (χ3v) is 8.11. The summed E-state index contributed by atoms with van der Waals surface area (Å²) in [6.45, 7) is 7.99. The number of nitrogens with zero attached hydrogens (tertiary/aromatic N) is 4. The van der Waals surface area contributed by atoms with E-state index in [4.69, 9.17) is 9.57 Å². The molecule has 3 saturated heterocycles. The van der Waals surface area contributed by atoms with E-state index in [0.717, 1.165) is 31.9 Å². The molecule has 3 aliphatic heterocycles. The Bertz CT molecular complexity index is 1280.